The lowest BCUT2D eigenvalue weighted by atomic mass is 9.89. The van der Waals surface area contributed by atoms with Gasteiger partial charge in [-0.3, -0.25) is 9.59 Å². The van der Waals surface area contributed by atoms with Crippen LogP contribution in [0.4, 0.5) is 0 Å². The normalized spacial score (nSPS) is 21.1. The van der Waals surface area contributed by atoms with Crippen molar-refractivity contribution in [2.45, 2.75) is 43.2 Å². The molecule has 0 saturated heterocycles. The van der Waals surface area contributed by atoms with Crippen molar-refractivity contribution in [3.05, 3.63) is 59.7 Å². The zero-order valence-corrected chi connectivity index (χ0v) is 17.0. The summed E-state index contributed by atoms with van der Waals surface area (Å²) in [6, 6.07) is 13.4. The molecule has 8 heteroatoms. The van der Waals surface area contributed by atoms with Gasteiger partial charge in [-0.05, 0) is 32.0 Å². The predicted molar refractivity (Wildman–Crippen MR) is 106 cm³/mol. The molecule has 7 nitrogen and oxygen atoms in total. The summed E-state index contributed by atoms with van der Waals surface area (Å²) in [5.41, 5.74) is 0.591. The lowest BCUT2D eigenvalue weighted by Crippen LogP contribution is -2.42. The Morgan fingerprint density at radius 3 is 2.62 bits per heavy atom. The fourth-order valence-corrected chi connectivity index (χ4v) is 5.42. The molecule has 1 N–H and O–H groups in total. The molecular weight excluding hydrogens is 392 g/mol. The van der Waals surface area contributed by atoms with Gasteiger partial charge in [0.25, 0.3) is 15.9 Å². The van der Waals surface area contributed by atoms with Crippen molar-refractivity contribution in [3.63, 3.8) is 0 Å². The number of carbonyl (C=O) groups excluding carboxylic acids is 2. The van der Waals surface area contributed by atoms with E-state index >= 15 is 0 Å². The molecule has 0 bridgehead atoms. The molecular formula is C21H22N2O5S. The molecule has 2 amide bonds. The van der Waals surface area contributed by atoms with Gasteiger partial charge in [0, 0.05) is 24.9 Å². The van der Waals surface area contributed by atoms with Crippen LogP contribution in [0, 0.1) is 0 Å². The summed E-state index contributed by atoms with van der Waals surface area (Å²) in [7, 11) is -3.91. The first kappa shape index (κ1) is 19.4. The first-order valence-electron chi connectivity index (χ1n) is 9.42. The van der Waals surface area contributed by atoms with E-state index in [1.807, 2.05) is 38.1 Å². The quantitative estimate of drug-likeness (QED) is 0.830. The Hall–Kier alpha value is -2.87. The van der Waals surface area contributed by atoms with Gasteiger partial charge in [-0.1, -0.05) is 30.3 Å². The van der Waals surface area contributed by atoms with Crippen molar-refractivity contribution in [3.8, 4) is 5.75 Å². The van der Waals surface area contributed by atoms with Crippen molar-refractivity contribution in [1.29, 1.82) is 0 Å². The molecule has 0 spiro atoms. The zero-order chi connectivity index (χ0) is 20.8. The minimum absolute atomic E-state index is 0.00878. The molecule has 2 aromatic rings. The van der Waals surface area contributed by atoms with E-state index in [1.54, 1.807) is 12.1 Å². The highest BCUT2D eigenvalue weighted by molar-refractivity contribution is 7.90. The van der Waals surface area contributed by atoms with Crippen LogP contribution >= 0.6 is 0 Å². The minimum atomic E-state index is -3.91. The van der Waals surface area contributed by atoms with E-state index in [0.29, 0.717) is 6.42 Å². The third kappa shape index (κ3) is 3.48. The number of carbonyl (C=O) groups is 2. The molecule has 2 aliphatic rings. The maximum Gasteiger partial charge on any atom is 0.269 e. The molecule has 0 fully saturated rings. The molecule has 0 aromatic heterocycles. The number of sulfonamides is 1. The van der Waals surface area contributed by atoms with Gasteiger partial charge in [-0.2, -0.15) is 0 Å². The standard InChI is InChI=1S/C21H22N2O5S/c1-21(2)13-16(14-7-3-5-9-17(14)28-21)22-19(24)11-12-23-20(25)15-8-4-6-10-18(15)29(23,26)27/h3-10,16H,11-13H2,1-2H3,(H,22,24). The van der Waals surface area contributed by atoms with Crippen LogP contribution in [0.3, 0.4) is 0 Å². The second kappa shape index (κ2) is 6.88. The summed E-state index contributed by atoms with van der Waals surface area (Å²) in [4.78, 5) is 25.0. The Bertz CT molecular complexity index is 1090. The van der Waals surface area contributed by atoms with Crippen LogP contribution in [0.1, 0.15) is 48.7 Å². The predicted octanol–water partition coefficient (Wildman–Crippen LogP) is 2.64. The van der Waals surface area contributed by atoms with Crippen LogP contribution in [0.2, 0.25) is 0 Å². The molecule has 4 rings (SSSR count). The lowest BCUT2D eigenvalue weighted by molar-refractivity contribution is -0.122. The molecule has 2 aliphatic heterocycles. The van der Waals surface area contributed by atoms with Gasteiger partial charge in [0.05, 0.1) is 11.6 Å². The van der Waals surface area contributed by atoms with Crippen molar-refractivity contribution in [2.24, 2.45) is 0 Å². The second-order valence-corrected chi connectivity index (χ2v) is 9.68. The van der Waals surface area contributed by atoms with Gasteiger partial charge in [-0.15, -0.1) is 0 Å². The first-order chi connectivity index (χ1) is 13.7. The SMILES string of the molecule is CC1(C)CC(NC(=O)CCN2C(=O)c3ccccc3S2(=O)=O)c2ccccc2O1. The highest BCUT2D eigenvalue weighted by Crippen LogP contribution is 2.39. The Morgan fingerprint density at radius 1 is 1.17 bits per heavy atom. The molecule has 0 aliphatic carbocycles. The van der Waals surface area contributed by atoms with Gasteiger partial charge >= 0.3 is 0 Å². The number of ether oxygens (including phenoxy) is 1. The highest BCUT2D eigenvalue weighted by Gasteiger charge is 2.41. The number of nitrogens with zero attached hydrogens (tertiary/aromatic N) is 1. The van der Waals surface area contributed by atoms with E-state index in [9.17, 15) is 18.0 Å². The molecule has 0 saturated carbocycles. The van der Waals surface area contributed by atoms with Gasteiger partial charge in [-0.25, -0.2) is 12.7 Å². The molecule has 29 heavy (non-hydrogen) atoms. The number of fused-ring (bicyclic) bond motifs is 2. The molecule has 1 atom stereocenters. The van der Waals surface area contributed by atoms with Crippen LogP contribution in [-0.2, 0) is 14.8 Å². The van der Waals surface area contributed by atoms with Crippen LogP contribution in [0.15, 0.2) is 53.4 Å². The maximum absolute atomic E-state index is 12.6. The van der Waals surface area contributed by atoms with Crippen molar-refractivity contribution in [2.75, 3.05) is 6.54 Å². The largest absolute Gasteiger partial charge is 0.487 e. The van der Waals surface area contributed by atoms with E-state index in [0.717, 1.165) is 15.6 Å². The van der Waals surface area contributed by atoms with Crippen LogP contribution in [0.5, 0.6) is 5.75 Å². The van der Waals surface area contributed by atoms with Gasteiger partial charge in [0.15, 0.2) is 0 Å². The lowest BCUT2D eigenvalue weighted by Gasteiger charge is -2.37. The van der Waals surface area contributed by atoms with Crippen molar-refractivity contribution < 1.29 is 22.7 Å². The molecule has 2 heterocycles. The Kier molecular flexibility index (Phi) is 4.61. The fourth-order valence-electron chi connectivity index (χ4n) is 3.85. The Labute approximate surface area is 169 Å². The smallest absolute Gasteiger partial charge is 0.269 e. The van der Waals surface area contributed by atoms with E-state index in [4.69, 9.17) is 4.74 Å². The summed E-state index contributed by atoms with van der Waals surface area (Å²) in [5.74, 6) is -0.186. The summed E-state index contributed by atoms with van der Waals surface area (Å²) in [5, 5.41) is 2.97. The third-order valence-corrected chi connectivity index (χ3v) is 7.01. The number of hydrogen-bond donors (Lipinski definition) is 1. The van der Waals surface area contributed by atoms with Gasteiger partial charge in [0.1, 0.15) is 16.2 Å². The molecule has 2 aromatic carbocycles. The number of nitrogens with one attached hydrogen (secondary N) is 1. The molecule has 0 radical (unpaired) electrons. The Balaban J connectivity index is 1.46. The summed E-state index contributed by atoms with van der Waals surface area (Å²) < 4.78 is 31.9. The zero-order valence-electron chi connectivity index (χ0n) is 16.2. The van der Waals surface area contributed by atoms with E-state index < -0.39 is 21.5 Å². The number of rotatable bonds is 4. The summed E-state index contributed by atoms with van der Waals surface area (Å²) in [6.07, 6.45) is 0.473. The fraction of sp³-hybridized carbons (Fsp3) is 0.333. The van der Waals surface area contributed by atoms with Crippen LogP contribution < -0.4 is 10.1 Å². The highest BCUT2D eigenvalue weighted by atomic mass is 32.2. The van der Waals surface area contributed by atoms with E-state index in [1.165, 1.54) is 12.1 Å². The van der Waals surface area contributed by atoms with E-state index in [2.05, 4.69) is 5.32 Å². The average molecular weight is 414 g/mol. The molecule has 152 valence electrons. The second-order valence-electron chi connectivity index (χ2n) is 7.85. The number of benzene rings is 2. The van der Waals surface area contributed by atoms with Gasteiger partial charge < -0.3 is 10.1 Å². The Morgan fingerprint density at radius 2 is 1.86 bits per heavy atom. The number of hydrogen-bond acceptors (Lipinski definition) is 5. The first-order valence-corrected chi connectivity index (χ1v) is 10.9. The number of para-hydroxylation sites is 1. The van der Waals surface area contributed by atoms with Crippen LogP contribution in [0.25, 0.3) is 0 Å². The molecule has 1 unspecified atom stereocenters. The third-order valence-electron chi connectivity index (χ3n) is 5.17. The summed E-state index contributed by atoms with van der Waals surface area (Å²) in [6.45, 7) is 3.71. The monoisotopic (exact) mass is 414 g/mol. The van der Waals surface area contributed by atoms with Crippen LogP contribution in [-0.4, -0.2) is 36.7 Å². The summed E-state index contributed by atoms with van der Waals surface area (Å²) >= 11 is 0. The van der Waals surface area contributed by atoms with E-state index in [-0.39, 0.29) is 35.4 Å². The van der Waals surface area contributed by atoms with Gasteiger partial charge in [0.2, 0.25) is 5.91 Å². The number of amides is 2. The average Bonchev–Trinajstić information content (AvgIpc) is 2.85. The van der Waals surface area contributed by atoms with Crippen molar-refractivity contribution in [1.82, 2.24) is 9.62 Å². The topological polar surface area (TPSA) is 92.8 Å². The van der Waals surface area contributed by atoms with Crippen molar-refractivity contribution >= 4 is 21.8 Å². The minimum Gasteiger partial charge on any atom is -0.487 e. The maximum atomic E-state index is 12.6.